The minimum Gasteiger partial charge on any atom is -0.385 e. The second-order valence-electron chi connectivity index (χ2n) is 5.00. The Morgan fingerprint density at radius 3 is 2.76 bits per heavy atom. The molecular weight excluding hydrogens is 264 g/mol. The van der Waals surface area contributed by atoms with Gasteiger partial charge in [-0.05, 0) is 44.0 Å². The summed E-state index contributed by atoms with van der Waals surface area (Å²) in [4.78, 5) is 12.2. The summed E-state index contributed by atoms with van der Waals surface area (Å²) in [5, 5.41) is 10.3. The van der Waals surface area contributed by atoms with Crippen LogP contribution in [0.4, 0.5) is 11.4 Å². The number of hydrogen-bond acceptors (Lipinski definition) is 3. The molecule has 5 nitrogen and oxygen atoms in total. The summed E-state index contributed by atoms with van der Waals surface area (Å²) < 4.78 is 1.78. The molecule has 0 saturated carbocycles. The van der Waals surface area contributed by atoms with E-state index in [0.717, 1.165) is 30.8 Å². The van der Waals surface area contributed by atoms with E-state index in [-0.39, 0.29) is 5.91 Å². The van der Waals surface area contributed by atoms with Gasteiger partial charge in [-0.1, -0.05) is 6.92 Å². The van der Waals surface area contributed by atoms with Crippen molar-refractivity contribution in [3.8, 4) is 0 Å². The van der Waals surface area contributed by atoms with E-state index in [2.05, 4.69) is 22.7 Å². The summed E-state index contributed by atoms with van der Waals surface area (Å²) in [5.41, 5.74) is 3.51. The molecule has 0 aliphatic heterocycles. The lowest BCUT2D eigenvalue weighted by Crippen LogP contribution is -2.12. The summed E-state index contributed by atoms with van der Waals surface area (Å²) >= 11 is 0. The van der Waals surface area contributed by atoms with Gasteiger partial charge in [0.1, 0.15) is 0 Å². The van der Waals surface area contributed by atoms with Gasteiger partial charge < -0.3 is 10.6 Å². The van der Waals surface area contributed by atoms with E-state index in [1.165, 1.54) is 0 Å². The summed E-state index contributed by atoms with van der Waals surface area (Å²) in [6, 6.07) is 5.69. The van der Waals surface area contributed by atoms with Gasteiger partial charge in [0.15, 0.2) is 0 Å². The molecule has 0 fully saturated rings. The normalized spacial score (nSPS) is 10.4. The molecular formula is C16H22N4O. The van der Waals surface area contributed by atoms with Gasteiger partial charge in [0.05, 0.1) is 11.9 Å². The van der Waals surface area contributed by atoms with Crippen molar-refractivity contribution in [2.45, 2.75) is 33.7 Å². The molecule has 0 spiro atoms. The molecule has 21 heavy (non-hydrogen) atoms. The second-order valence-corrected chi connectivity index (χ2v) is 5.00. The first-order chi connectivity index (χ1) is 10.1. The van der Waals surface area contributed by atoms with E-state index in [4.69, 9.17) is 0 Å². The molecule has 2 aromatic rings. The first-order valence-corrected chi connectivity index (χ1v) is 7.32. The van der Waals surface area contributed by atoms with Crippen LogP contribution >= 0.6 is 0 Å². The zero-order valence-electron chi connectivity index (χ0n) is 12.8. The van der Waals surface area contributed by atoms with Crippen LogP contribution in [0, 0.1) is 6.92 Å². The molecule has 2 N–H and O–H groups in total. The van der Waals surface area contributed by atoms with Crippen LogP contribution < -0.4 is 10.6 Å². The molecule has 112 valence electrons. The summed E-state index contributed by atoms with van der Waals surface area (Å²) in [5.74, 6) is -0.115. The lowest BCUT2D eigenvalue weighted by atomic mass is 10.1. The highest BCUT2D eigenvalue weighted by Gasteiger charge is 2.09. The fraction of sp³-hybridized carbons (Fsp3) is 0.375. The van der Waals surface area contributed by atoms with E-state index in [9.17, 15) is 4.79 Å². The first kappa shape index (κ1) is 15.1. The molecule has 0 bridgehead atoms. The topological polar surface area (TPSA) is 59.0 Å². The van der Waals surface area contributed by atoms with Crippen molar-refractivity contribution in [1.82, 2.24) is 9.78 Å². The predicted molar refractivity (Wildman–Crippen MR) is 85.8 cm³/mol. The molecule has 1 aromatic heterocycles. The number of benzene rings is 1. The number of amides is 1. The average Bonchev–Trinajstić information content (AvgIpc) is 2.93. The number of rotatable bonds is 6. The van der Waals surface area contributed by atoms with Crippen LogP contribution in [-0.4, -0.2) is 22.2 Å². The minimum absolute atomic E-state index is 0.115. The van der Waals surface area contributed by atoms with Gasteiger partial charge in [0, 0.05) is 30.5 Å². The molecule has 1 amide bonds. The molecule has 0 unspecified atom stereocenters. The van der Waals surface area contributed by atoms with Crippen molar-refractivity contribution in [3.05, 3.63) is 41.7 Å². The SMILES string of the molecule is CCCNc1ccc(C(=O)Nc2cnn(CC)c2)cc1C. The smallest absolute Gasteiger partial charge is 0.255 e. The molecule has 0 radical (unpaired) electrons. The van der Waals surface area contributed by atoms with Gasteiger partial charge in [-0.15, -0.1) is 0 Å². The van der Waals surface area contributed by atoms with E-state index < -0.39 is 0 Å². The van der Waals surface area contributed by atoms with E-state index in [1.54, 1.807) is 10.9 Å². The Bertz CT molecular complexity index is 618. The number of nitrogens with one attached hydrogen (secondary N) is 2. The number of carbonyl (C=O) groups is 1. The van der Waals surface area contributed by atoms with Crippen molar-refractivity contribution < 1.29 is 4.79 Å². The van der Waals surface area contributed by atoms with E-state index >= 15 is 0 Å². The van der Waals surface area contributed by atoms with Crippen molar-refractivity contribution in [2.75, 3.05) is 17.2 Å². The number of anilines is 2. The molecule has 1 heterocycles. The second kappa shape index (κ2) is 6.92. The Labute approximate surface area is 125 Å². The maximum absolute atomic E-state index is 12.2. The van der Waals surface area contributed by atoms with E-state index in [1.807, 2.05) is 38.2 Å². The number of nitrogens with zero attached hydrogens (tertiary/aromatic N) is 2. The molecule has 0 atom stereocenters. The van der Waals surface area contributed by atoms with Gasteiger partial charge in [0.25, 0.3) is 5.91 Å². The number of carbonyl (C=O) groups excluding carboxylic acids is 1. The van der Waals surface area contributed by atoms with Crippen LogP contribution in [0.2, 0.25) is 0 Å². The Morgan fingerprint density at radius 2 is 2.14 bits per heavy atom. The third-order valence-electron chi connectivity index (χ3n) is 3.27. The Morgan fingerprint density at radius 1 is 1.33 bits per heavy atom. The Balaban J connectivity index is 2.06. The zero-order valence-corrected chi connectivity index (χ0v) is 12.8. The van der Waals surface area contributed by atoms with Gasteiger partial charge in [-0.3, -0.25) is 9.48 Å². The van der Waals surface area contributed by atoms with Crippen LogP contribution in [0.25, 0.3) is 0 Å². The van der Waals surface area contributed by atoms with Crippen molar-refractivity contribution >= 4 is 17.3 Å². The fourth-order valence-corrected chi connectivity index (χ4v) is 2.07. The van der Waals surface area contributed by atoms with Crippen molar-refractivity contribution in [2.24, 2.45) is 0 Å². The summed E-state index contributed by atoms with van der Waals surface area (Å²) in [6.07, 6.45) is 4.55. The monoisotopic (exact) mass is 286 g/mol. The fourth-order valence-electron chi connectivity index (χ4n) is 2.07. The van der Waals surface area contributed by atoms with Crippen LogP contribution in [0.5, 0.6) is 0 Å². The Kier molecular flexibility index (Phi) is 4.98. The number of aryl methyl sites for hydroxylation is 2. The van der Waals surface area contributed by atoms with Crippen LogP contribution in [-0.2, 0) is 6.54 Å². The quantitative estimate of drug-likeness (QED) is 0.856. The van der Waals surface area contributed by atoms with E-state index in [0.29, 0.717) is 11.3 Å². The molecule has 2 rings (SSSR count). The summed E-state index contributed by atoms with van der Waals surface area (Å²) in [7, 11) is 0. The highest BCUT2D eigenvalue weighted by molar-refractivity contribution is 6.04. The van der Waals surface area contributed by atoms with Gasteiger partial charge in [-0.2, -0.15) is 5.10 Å². The van der Waals surface area contributed by atoms with Crippen LogP contribution in [0.15, 0.2) is 30.6 Å². The molecule has 0 saturated heterocycles. The zero-order chi connectivity index (χ0) is 15.2. The highest BCUT2D eigenvalue weighted by atomic mass is 16.1. The van der Waals surface area contributed by atoms with Gasteiger partial charge >= 0.3 is 0 Å². The number of hydrogen-bond donors (Lipinski definition) is 2. The Hall–Kier alpha value is -2.30. The maximum Gasteiger partial charge on any atom is 0.255 e. The van der Waals surface area contributed by atoms with Gasteiger partial charge in [0.2, 0.25) is 0 Å². The molecule has 5 heteroatoms. The van der Waals surface area contributed by atoms with Crippen molar-refractivity contribution in [3.63, 3.8) is 0 Å². The predicted octanol–water partition coefficient (Wildman–Crippen LogP) is 3.29. The van der Waals surface area contributed by atoms with Crippen LogP contribution in [0.1, 0.15) is 36.2 Å². The molecule has 1 aromatic carbocycles. The lowest BCUT2D eigenvalue weighted by molar-refractivity contribution is 0.102. The van der Waals surface area contributed by atoms with Gasteiger partial charge in [-0.25, -0.2) is 0 Å². The minimum atomic E-state index is -0.115. The standard InChI is InChI=1S/C16H22N4O/c1-4-8-17-15-7-6-13(9-12(15)3)16(21)19-14-10-18-20(5-2)11-14/h6-7,9-11,17H,4-5,8H2,1-3H3,(H,19,21). The first-order valence-electron chi connectivity index (χ1n) is 7.32. The molecule has 0 aliphatic rings. The number of aromatic nitrogens is 2. The lowest BCUT2D eigenvalue weighted by Gasteiger charge is -2.10. The third-order valence-corrected chi connectivity index (χ3v) is 3.27. The maximum atomic E-state index is 12.2. The van der Waals surface area contributed by atoms with Crippen molar-refractivity contribution in [1.29, 1.82) is 0 Å². The third kappa shape index (κ3) is 3.84. The van der Waals surface area contributed by atoms with Crippen LogP contribution in [0.3, 0.4) is 0 Å². The average molecular weight is 286 g/mol. The highest BCUT2D eigenvalue weighted by Crippen LogP contribution is 2.17. The largest absolute Gasteiger partial charge is 0.385 e. The summed E-state index contributed by atoms with van der Waals surface area (Å²) in [6.45, 7) is 7.85. The molecule has 0 aliphatic carbocycles.